The van der Waals surface area contributed by atoms with Crippen LogP contribution in [0.15, 0.2) is 120 Å². The second kappa shape index (κ2) is 10.2. The minimum absolute atomic E-state index is 0.0196. The molecule has 0 fully saturated rings. The van der Waals surface area contributed by atoms with Gasteiger partial charge in [0, 0.05) is 0 Å². The van der Waals surface area contributed by atoms with Crippen LogP contribution in [-0.2, 0) is 9.59 Å². The molecule has 4 rings (SSSR count). The molecule has 0 heterocycles. The molecule has 1 aliphatic rings. The molecular weight excluding hydrogens is 402 g/mol. The van der Waals surface area contributed by atoms with E-state index < -0.39 is 17.4 Å². The maximum atomic E-state index is 11.5. The van der Waals surface area contributed by atoms with E-state index in [9.17, 15) is 19.8 Å². The molecule has 5 heteroatoms. The molecule has 5 nitrogen and oxygen atoms in total. The third-order valence-electron chi connectivity index (χ3n) is 4.99. The highest BCUT2D eigenvalue weighted by Gasteiger charge is 2.41. The standard InChI is InChI=1S/C15H13NO4.C12H10/c1-15(14(19)20)9-5-8-11(13(17)18)12(15)16-10-6-3-2-4-7-10;1-3-7-11(8-4-1)12-9-5-2-6-10-12/h2-9H,1H3,(H,17,18)(H,19,20);1-10H. The molecule has 0 spiro atoms. The lowest BCUT2D eigenvalue weighted by Crippen LogP contribution is -2.38. The number of hydrogen-bond donors (Lipinski definition) is 2. The lowest BCUT2D eigenvalue weighted by molar-refractivity contribution is -0.141. The van der Waals surface area contributed by atoms with E-state index in [0.29, 0.717) is 5.69 Å². The van der Waals surface area contributed by atoms with Crippen LogP contribution in [0.4, 0.5) is 5.69 Å². The topological polar surface area (TPSA) is 87.0 Å². The van der Waals surface area contributed by atoms with Gasteiger partial charge in [-0.25, -0.2) is 4.79 Å². The molecule has 3 aromatic rings. The van der Waals surface area contributed by atoms with Crippen LogP contribution in [-0.4, -0.2) is 27.9 Å². The van der Waals surface area contributed by atoms with E-state index in [4.69, 9.17) is 0 Å². The summed E-state index contributed by atoms with van der Waals surface area (Å²) in [5.41, 5.74) is 1.51. The maximum absolute atomic E-state index is 11.5. The number of nitrogens with zero attached hydrogens (tertiary/aromatic N) is 1. The van der Waals surface area contributed by atoms with Crippen molar-refractivity contribution in [1.82, 2.24) is 0 Å². The monoisotopic (exact) mass is 425 g/mol. The highest BCUT2D eigenvalue weighted by molar-refractivity contribution is 6.28. The van der Waals surface area contributed by atoms with Gasteiger partial charge in [-0.2, -0.15) is 0 Å². The van der Waals surface area contributed by atoms with E-state index in [1.807, 2.05) is 12.1 Å². The van der Waals surface area contributed by atoms with Crippen LogP contribution in [0.2, 0.25) is 0 Å². The molecule has 0 amide bonds. The van der Waals surface area contributed by atoms with Gasteiger partial charge in [0.2, 0.25) is 0 Å². The van der Waals surface area contributed by atoms with Crippen LogP contribution in [0.1, 0.15) is 6.92 Å². The fourth-order valence-electron chi connectivity index (χ4n) is 3.19. The Labute approximate surface area is 186 Å². The van der Waals surface area contributed by atoms with Gasteiger partial charge in [-0.05, 0) is 36.3 Å². The van der Waals surface area contributed by atoms with Crippen molar-refractivity contribution in [3.05, 3.63) is 115 Å². The molecule has 0 aliphatic heterocycles. The Hall–Kier alpha value is -4.25. The summed E-state index contributed by atoms with van der Waals surface area (Å²) in [4.78, 5) is 27.0. The minimum atomic E-state index is -1.46. The zero-order chi connectivity index (χ0) is 23.0. The highest BCUT2D eigenvalue weighted by atomic mass is 16.4. The van der Waals surface area contributed by atoms with Crippen molar-refractivity contribution in [2.45, 2.75) is 6.92 Å². The first-order valence-electron chi connectivity index (χ1n) is 10.0. The molecule has 0 aromatic heterocycles. The largest absolute Gasteiger partial charge is 0.480 e. The van der Waals surface area contributed by atoms with Crippen molar-refractivity contribution >= 4 is 23.3 Å². The van der Waals surface area contributed by atoms with Gasteiger partial charge in [0.15, 0.2) is 0 Å². The zero-order valence-corrected chi connectivity index (χ0v) is 17.6. The number of hydrogen-bond acceptors (Lipinski definition) is 3. The van der Waals surface area contributed by atoms with Crippen LogP contribution < -0.4 is 0 Å². The van der Waals surface area contributed by atoms with Crippen LogP contribution in [0.25, 0.3) is 11.1 Å². The number of carbonyl (C=O) groups is 2. The zero-order valence-electron chi connectivity index (χ0n) is 17.6. The highest BCUT2D eigenvalue weighted by Crippen LogP contribution is 2.31. The number of allylic oxidation sites excluding steroid dienone is 2. The summed E-state index contributed by atoms with van der Waals surface area (Å²) in [6, 6.07) is 29.5. The van der Waals surface area contributed by atoms with E-state index in [-0.39, 0.29) is 11.3 Å². The lowest BCUT2D eigenvalue weighted by Gasteiger charge is -2.26. The molecule has 3 aromatic carbocycles. The normalized spacial score (nSPS) is 18.3. The van der Waals surface area contributed by atoms with Crippen molar-refractivity contribution in [1.29, 1.82) is 0 Å². The maximum Gasteiger partial charge on any atom is 0.337 e. The predicted molar refractivity (Wildman–Crippen MR) is 126 cm³/mol. The quantitative estimate of drug-likeness (QED) is 0.554. The Morgan fingerprint density at radius 3 is 1.66 bits per heavy atom. The van der Waals surface area contributed by atoms with E-state index in [1.165, 1.54) is 36.3 Å². The Kier molecular flexibility index (Phi) is 7.13. The summed E-state index contributed by atoms with van der Waals surface area (Å²) in [5, 5.41) is 18.6. The lowest BCUT2D eigenvalue weighted by atomic mass is 9.78. The second-order valence-corrected chi connectivity index (χ2v) is 7.28. The number of benzene rings is 3. The molecule has 0 bridgehead atoms. The molecule has 32 heavy (non-hydrogen) atoms. The van der Waals surface area contributed by atoms with Gasteiger partial charge in [0.25, 0.3) is 0 Å². The average Bonchev–Trinajstić information content (AvgIpc) is 2.82. The number of carboxylic acids is 2. The Morgan fingerprint density at radius 1 is 0.750 bits per heavy atom. The molecule has 0 radical (unpaired) electrons. The average molecular weight is 425 g/mol. The summed E-state index contributed by atoms with van der Waals surface area (Å²) in [5.74, 6) is -2.34. The van der Waals surface area contributed by atoms with Crippen molar-refractivity contribution in [2.75, 3.05) is 0 Å². The summed E-state index contributed by atoms with van der Waals surface area (Å²) >= 11 is 0. The van der Waals surface area contributed by atoms with Gasteiger partial charge in [-0.3, -0.25) is 9.79 Å². The molecule has 2 N–H and O–H groups in total. The number of rotatable bonds is 4. The smallest absolute Gasteiger partial charge is 0.337 e. The molecule has 1 aliphatic carbocycles. The van der Waals surface area contributed by atoms with Crippen molar-refractivity contribution in [3.63, 3.8) is 0 Å². The van der Waals surface area contributed by atoms with Crippen molar-refractivity contribution in [2.24, 2.45) is 10.4 Å². The van der Waals surface area contributed by atoms with Gasteiger partial charge in [-0.15, -0.1) is 0 Å². The third-order valence-corrected chi connectivity index (χ3v) is 4.99. The Morgan fingerprint density at radius 2 is 1.22 bits per heavy atom. The number of carboxylic acid groups (broad SMARTS) is 2. The first-order valence-corrected chi connectivity index (χ1v) is 10.0. The first kappa shape index (κ1) is 22.4. The van der Waals surface area contributed by atoms with Crippen LogP contribution in [0, 0.1) is 5.41 Å². The summed E-state index contributed by atoms with van der Waals surface area (Å²) < 4.78 is 0. The molecule has 0 saturated carbocycles. The summed E-state index contributed by atoms with van der Waals surface area (Å²) in [7, 11) is 0. The molecule has 0 saturated heterocycles. The first-order chi connectivity index (χ1) is 15.4. The Balaban J connectivity index is 0.000000204. The molecule has 160 valence electrons. The second-order valence-electron chi connectivity index (χ2n) is 7.28. The van der Waals surface area contributed by atoms with Crippen molar-refractivity contribution in [3.8, 4) is 11.1 Å². The molecular formula is C27H23NO4. The number of aliphatic imine (C=N–C) groups is 1. The van der Waals surface area contributed by atoms with Gasteiger partial charge in [0.1, 0.15) is 5.41 Å². The number of para-hydroxylation sites is 1. The summed E-state index contributed by atoms with van der Waals surface area (Å²) in [6.07, 6.45) is 4.22. The SMILES string of the molecule is CC1(C(=O)O)C=CC=C(C(=O)O)C1=Nc1ccccc1.c1ccc(-c2ccccc2)cc1. The molecule has 1 unspecified atom stereocenters. The van der Waals surface area contributed by atoms with E-state index in [0.717, 1.165) is 0 Å². The van der Waals surface area contributed by atoms with E-state index in [2.05, 4.69) is 53.5 Å². The van der Waals surface area contributed by atoms with Crippen molar-refractivity contribution < 1.29 is 19.8 Å². The van der Waals surface area contributed by atoms with Gasteiger partial charge >= 0.3 is 11.9 Å². The van der Waals surface area contributed by atoms with E-state index in [1.54, 1.807) is 30.3 Å². The summed E-state index contributed by atoms with van der Waals surface area (Å²) in [6.45, 7) is 1.43. The van der Waals surface area contributed by atoms with Gasteiger partial charge < -0.3 is 10.2 Å². The van der Waals surface area contributed by atoms with Crippen LogP contribution >= 0.6 is 0 Å². The third kappa shape index (κ3) is 5.26. The fraction of sp³-hybridized carbons (Fsp3) is 0.0741. The minimum Gasteiger partial charge on any atom is -0.480 e. The van der Waals surface area contributed by atoms with E-state index >= 15 is 0 Å². The Bertz CT molecular complexity index is 1130. The number of aliphatic carboxylic acids is 2. The van der Waals surface area contributed by atoms with Crippen LogP contribution in [0.3, 0.4) is 0 Å². The van der Waals surface area contributed by atoms with Gasteiger partial charge in [-0.1, -0.05) is 91.0 Å². The van der Waals surface area contributed by atoms with Gasteiger partial charge in [0.05, 0.1) is 17.0 Å². The fourth-order valence-corrected chi connectivity index (χ4v) is 3.19. The predicted octanol–water partition coefficient (Wildman–Crippen LogP) is 5.78. The van der Waals surface area contributed by atoms with Crippen LogP contribution in [0.5, 0.6) is 0 Å². The molecule has 1 atom stereocenters.